The second-order valence-corrected chi connectivity index (χ2v) is 6.01. The van der Waals surface area contributed by atoms with Crippen LogP contribution in [0.25, 0.3) is 0 Å². The van der Waals surface area contributed by atoms with Crippen LogP contribution in [0.4, 0.5) is 4.79 Å². The number of carbonyl (C=O) groups excluding carboxylic acids is 1. The first-order valence-corrected chi connectivity index (χ1v) is 7.58. The minimum absolute atomic E-state index is 0.151. The van der Waals surface area contributed by atoms with Gasteiger partial charge in [0.05, 0.1) is 5.69 Å². The molecule has 1 aromatic rings. The molecular weight excluding hydrogens is 286 g/mol. The molecule has 0 aromatic carbocycles. The van der Waals surface area contributed by atoms with Crippen molar-refractivity contribution in [1.29, 1.82) is 0 Å². The summed E-state index contributed by atoms with van der Waals surface area (Å²) in [6, 6.07) is 0. The van der Waals surface area contributed by atoms with Gasteiger partial charge in [-0.15, -0.1) is 5.10 Å². The zero-order valence-corrected chi connectivity index (χ0v) is 13.6. The Balaban J connectivity index is 2.06. The number of rotatable bonds is 9. The van der Waals surface area contributed by atoms with E-state index in [1.807, 2.05) is 27.0 Å². The quantitative estimate of drug-likeness (QED) is 0.579. The van der Waals surface area contributed by atoms with Gasteiger partial charge in [0.15, 0.2) is 0 Å². The van der Waals surface area contributed by atoms with Gasteiger partial charge in [0.1, 0.15) is 5.60 Å². The summed E-state index contributed by atoms with van der Waals surface area (Å²) in [5, 5.41) is 22.7. The van der Waals surface area contributed by atoms with E-state index in [2.05, 4.69) is 20.9 Å². The van der Waals surface area contributed by atoms with E-state index in [0.29, 0.717) is 26.1 Å². The van der Waals surface area contributed by atoms with Crippen molar-refractivity contribution in [3.63, 3.8) is 0 Å². The maximum Gasteiger partial charge on any atom is 0.407 e. The molecule has 8 heteroatoms. The molecule has 1 heterocycles. The van der Waals surface area contributed by atoms with Gasteiger partial charge in [0, 0.05) is 32.4 Å². The molecule has 1 amide bonds. The molecule has 0 aliphatic heterocycles. The highest BCUT2D eigenvalue weighted by Crippen LogP contribution is 2.06. The summed E-state index contributed by atoms with van der Waals surface area (Å²) in [5.41, 5.74) is 0.391. The lowest BCUT2D eigenvalue weighted by atomic mass is 10.2. The Kier molecular flexibility index (Phi) is 7.83. The minimum Gasteiger partial charge on any atom is -0.444 e. The molecule has 8 nitrogen and oxygen atoms in total. The highest BCUT2D eigenvalue weighted by Gasteiger charge is 2.15. The summed E-state index contributed by atoms with van der Waals surface area (Å²) in [6.07, 6.45) is 2.95. The summed E-state index contributed by atoms with van der Waals surface area (Å²) >= 11 is 0. The van der Waals surface area contributed by atoms with Gasteiger partial charge < -0.3 is 20.5 Å². The second-order valence-electron chi connectivity index (χ2n) is 6.01. The summed E-state index contributed by atoms with van der Waals surface area (Å²) < 4.78 is 6.86. The number of ether oxygens (including phenoxy) is 1. The number of alkyl carbamates (subject to hydrolysis) is 1. The largest absolute Gasteiger partial charge is 0.444 e. The molecule has 1 aromatic heterocycles. The predicted octanol–water partition coefficient (Wildman–Crippen LogP) is 0.665. The smallest absolute Gasteiger partial charge is 0.407 e. The third-order valence-corrected chi connectivity index (χ3v) is 2.64. The maximum absolute atomic E-state index is 11.4. The Morgan fingerprint density at radius 2 is 2.14 bits per heavy atom. The minimum atomic E-state index is -0.468. The van der Waals surface area contributed by atoms with Crippen molar-refractivity contribution in [2.75, 3.05) is 19.7 Å². The lowest BCUT2D eigenvalue weighted by molar-refractivity contribution is 0.0527. The number of carbonyl (C=O) groups is 1. The van der Waals surface area contributed by atoms with Crippen LogP contribution in [-0.2, 0) is 17.8 Å². The van der Waals surface area contributed by atoms with E-state index < -0.39 is 5.60 Å². The second kappa shape index (κ2) is 9.37. The predicted molar refractivity (Wildman–Crippen MR) is 82.3 cm³/mol. The van der Waals surface area contributed by atoms with Gasteiger partial charge in [0.2, 0.25) is 0 Å². The maximum atomic E-state index is 11.4. The average molecular weight is 313 g/mol. The number of aliphatic hydroxyl groups is 1. The first-order chi connectivity index (χ1) is 10.4. The lowest BCUT2D eigenvalue weighted by Crippen LogP contribution is -2.33. The number of aliphatic hydroxyl groups excluding tert-OH is 1. The summed E-state index contributed by atoms with van der Waals surface area (Å²) in [4.78, 5) is 11.4. The van der Waals surface area contributed by atoms with E-state index in [-0.39, 0.29) is 12.7 Å². The van der Waals surface area contributed by atoms with Gasteiger partial charge in [-0.2, -0.15) is 0 Å². The number of nitrogens with one attached hydrogen (secondary N) is 2. The summed E-state index contributed by atoms with van der Waals surface area (Å²) in [6.45, 7) is 8.28. The van der Waals surface area contributed by atoms with Crippen molar-refractivity contribution >= 4 is 6.09 Å². The molecule has 0 fully saturated rings. The molecule has 22 heavy (non-hydrogen) atoms. The molecule has 0 aliphatic rings. The van der Waals surface area contributed by atoms with Gasteiger partial charge >= 0.3 is 6.09 Å². The first-order valence-electron chi connectivity index (χ1n) is 7.58. The van der Waals surface area contributed by atoms with E-state index in [4.69, 9.17) is 9.84 Å². The molecule has 0 atom stereocenters. The molecular formula is C14H27N5O3. The highest BCUT2D eigenvalue weighted by atomic mass is 16.6. The Morgan fingerprint density at radius 3 is 2.82 bits per heavy atom. The topological polar surface area (TPSA) is 101 Å². The fourth-order valence-electron chi connectivity index (χ4n) is 1.70. The number of hydrogen-bond acceptors (Lipinski definition) is 6. The van der Waals surface area contributed by atoms with E-state index in [1.54, 1.807) is 4.68 Å². The van der Waals surface area contributed by atoms with E-state index in [0.717, 1.165) is 18.7 Å². The van der Waals surface area contributed by atoms with Crippen LogP contribution in [0.2, 0.25) is 0 Å². The van der Waals surface area contributed by atoms with Crippen molar-refractivity contribution in [2.24, 2.45) is 0 Å². The van der Waals surface area contributed by atoms with Crippen LogP contribution in [0, 0.1) is 0 Å². The van der Waals surface area contributed by atoms with Crippen molar-refractivity contribution in [3.8, 4) is 0 Å². The van der Waals surface area contributed by atoms with Crippen LogP contribution in [0.1, 0.15) is 39.3 Å². The molecule has 3 N–H and O–H groups in total. The Hall–Kier alpha value is -1.67. The van der Waals surface area contributed by atoms with E-state index >= 15 is 0 Å². The molecule has 0 unspecified atom stereocenters. The van der Waals surface area contributed by atoms with E-state index in [9.17, 15) is 4.79 Å². The van der Waals surface area contributed by atoms with Crippen molar-refractivity contribution in [2.45, 2.75) is 52.3 Å². The number of amides is 1. The van der Waals surface area contributed by atoms with Crippen LogP contribution in [0.5, 0.6) is 0 Å². The van der Waals surface area contributed by atoms with Crippen LogP contribution < -0.4 is 10.6 Å². The lowest BCUT2D eigenvalue weighted by Gasteiger charge is -2.19. The Labute approximate surface area is 131 Å². The number of aromatic nitrogens is 3. The molecule has 0 saturated heterocycles. The van der Waals surface area contributed by atoms with Crippen LogP contribution in [0.15, 0.2) is 6.20 Å². The van der Waals surface area contributed by atoms with Crippen LogP contribution in [-0.4, -0.2) is 51.5 Å². The molecule has 0 radical (unpaired) electrons. The SMILES string of the molecule is CC(C)(C)OC(=O)NCCCNCc1cn(CCCO)nn1. The zero-order valence-electron chi connectivity index (χ0n) is 13.6. The molecule has 0 bridgehead atoms. The molecule has 1 rings (SSSR count). The normalized spacial score (nSPS) is 11.5. The average Bonchev–Trinajstić information content (AvgIpc) is 2.86. The number of nitrogens with zero attached hydrogens (tertiary/aromatic N) is 3. The molecule has 126 valence electrons. The van der Waals surface area contributed by atoms with Gasteiger partial charge in [0.25, 0.3) is 0 Å². The fourth-order valence-corrected chi connectivity index (χ4v) is 1.70. The number of aryl methyl sites for hydroxylation is 1. The van der Waals surface area contributed by atoms with Gasteiger partial charge in [-0.3, -0.25) is 4.68 Å². The van der Waals surface area contributed by atoms with E-state index in [1.165, 1.54) is 0 Å². The monoisotopic (exact) mass is 313 g/mol. The van der Waals surface area contributed by atoms with Crippen LogP contribution >= 0.6 is 0 Å². The van der Waals surface area contributed by atoms with Crippen LogP contribution in [0.3, 0.4) is 0 Å². The summed E-state index contributed by atoms with van der Waals surface area (Å²) in [5.74, 6) is 0. The Bertz CT molecular complexity index is 442. The van der Waals surface area contributed by atoms with Gasteiger partial charge in [-0.1, -0.05) is 5.21 Å². The zero-order chi connectivity index (χ0) is 16.4. The number of hydrogen-bond donors (Lipinski definition) is 3. The highest BCUT2D eigenvalue weighted by molar-refractivity contribution is 5.67. The van der Waals surface area contributed by atoms with Gasteiger partial charge in [-0.25, -0.2) is 4.79 Å². The van der Waals surface area contributed by atoms with Crippen molar-refractivity contribution in [1.82, 2.24) is 25.6 Å². The molecule has 0 saturated carbocycles. The van der Waals surface area contributed by atoms with Gasteiger partial charge in [-0.05, 0) is 40.2 Å². The first kappa shape index (κ1) is 18.4. The summed E-state index contributed by atoms with van der Waals surface area (Å²) in [7, 11) is 0. The molecule has 0 spiro atoms. The Morgan fingerprint density at radius 1 is 1.36 bits per heavy atom. The van der Waals surface area contributed by atoms with Crippen molar-refractivity contribution < 1.29 is 14.6 Å². The standard InChI is InChI=1S/C14H27N5O3/c1-14(2,3)22-13(21)16-7-4-6-15-10-12-11-19(18-17-12)8-5-9-20/h11,15,20H,4-10H2,1-3H3,(H,16,21). The fraction of sp³-hybridized carbons (Fsp3) is 0.786. The third-order valence-electron chi connectivity index (χ3n) is 2.64. The molecule has 0 aliphatic carbocycles. The third kappa shape index (κ3) is 8.58. The van der Waals surface area contributed by atoms with Crippen molar-refractivity contribution in [3.05, 3.63) is 11.9 Å².